The van der Waals surface area contributed by atoms with Gasteiger partial charge in [0.2, 0.25) is 0 Å². The lowest BCUT2D eigenvalue weighted by molar-refractivity contribution is 0.150. The highest BCUT2D eigenvalue weighted by molar-refractivity contribution is 4.89. The standard InChI is InChI=1S/C13H25N/c1-14-11-6-12-4-9-13(10-5-12)7-2-3-8-13/h12,14H,2-11H2,1H3. The van der Waals surface area contributed by atoms with Crippen LogP contribution in [0.2, 0.25) is 0 Å². The van der Waals surface area contributed by atoms with Crippen LogP contribution in [0, 0.1) is 11.3 Å². The monoisotopic (exact) mass is 195 g/mol. The fraction of sp³-hybridized carbons (Fsp3) is 1.00. The van der Waals surface area contributed by atoms with Gasteiger partial charge in [0.05, 0.1) is 0 Å². The predicted molar refractivity (Wildman–Crippen MR) is 61.4 cm³/mol. The van der Waals surface area contributed by atoms with E-state index in [1.165, 1.54) is 38.6 Å². The first-order valence-corrected chi connectivity index (χ1v) is 6.49. The van der Waals surface area contributed by atoms with Gasteiger partial charge in [0.25, 0.3) is 0 Å². The fourth-order valence-corrected chi connectivity index (χ4v) is 3.55. The molecule has 1 N–H and O–H groups in total. The van der Waals surface area contributed by atoms with Crippen molar-refractivity contribution in [1.82, 2.24) is 5.32 Å². The lowest BCUT2D eigenvalue weighted by Gasteiger charge is -2.37. The molecule has 0 atom stereocenters. The zero-order valence-corrected chi connectivity index (χ0v) is 9.65. The smallest absolute Gasteiger partial charge is 0.00493 e. The Labute approximate surface area is 88.7 Å². The van der Waals surface area contributed by atoms with E-state index in [4.69, 9.17) is 0 Å². The Hall–Kier alpha value is -0.0400. The summed E-state index contributed by atoms with van der Waals surface area (Å²) in [5.41, 5.74) is 0.830. The Morgan fingerprint density at radius 2 is 1.71 bits per heavy atom. The Balaban J connectivity index is 1.74. The van der Waals surface area contributed by atoms with Crippen LogP contribution in [0.25, 0.3) is 0 Å². The molecule has 0 bridgehead atoms. The van der Waals surface area contributed by atoms with Crippen molar-refractivity contribution in [2.45, 2.75) is 57.8 Å². The third-order valence-corrected chi connectivity index (χ3v) is 4.63. The van der Waals surface area contributed by atoms with E-state index in [1.807, 2.05) is 0 Å². The topological polar surface area (TPSA) is 12.0 Å². The lowest BCUT2D eigenvalue weighted by Crippen LogP contribution is -2.26. The molecule has 0 aromatic heterocycles. The number of nitrogens with one attached hydrogen (secondary N) is 1. The minimum absolute atomic E-state index is 0.830. The first-order chi connectivity index (χ1) is 6.85. The van der Waals surface area contributed by atoms with Crippen LogP contribution in [0.15, 0.2) is 0 Å². The Morgan fingerprint density at radius 1 is 1.07 bits per heavy atom. The maximum Gasteiger partial charge on any atom is -0.00493 e. The molecule has 2 aliphatic rings. The van der Waals surface area contributed by atoms with Gasteiger partial charge in [-0.15, -0.1) is 0 Å². The highest BCUT2D eigenvalue weighted by Crippen LogP contribution is 2.50. The predicted octanol–water partition coefficient (Wildman–Crippen LogP) is 3.35. The molecule has 0 heterocycles. The molecule has 0 amide bonds. The van der Waals surface area contributed by atoms with Crippen LogP contribution in [-0.2, 0) is 0 Å². The van der Waals surface area contributed by atoms with Crippen molar-refractivity contribution in [3.05, 3.63) is 0 Å². The van der Waals surface area contributed by atoms with Crippen LogP contribution >= 0.6 is 0 Å². The quantitative estimate of drug-likeness (QED) is 0.728. The van der Waals surface area contributed by atoms with Crippen molar-refractivity contribution in [2.75, 3.05) is 13.6 Å². The second kappa shape index (κ2) is 4.65. The molecule has 82 valence electrons. The number of hydrogen-bond donors (Lipinski definition) is 1. The normalized spacial score (nSPS) is 27.2. The van der Waals surface area contributed by atoms with Crippen molar-refractivity contribution in [2.24, 2.45) is 11.3 Å². The summed E-state index contributed by atoms with van der Waals surface area (Å²) in [6.45, 7) is 1.22. The molecule has 2 saturated carbocycles. The van der Waals surface area contributed by atoms with Gasteiger partial charge in [-0.05, 0) is 69.9 Å². The molecule has 0 aliphatic heterocycles. The van der Waals surface area contributed by atoms with Crippen molar-refractivity contribution < 1.29 is 0 Å². The van der Waals surface area contributed by atoms with Gasteiger partial charge in [0.1, 0.15) is 0 Å². The highest BCUT2D eigenvalue weighted by Gasteiger charge is 2.36. The fourth-order valence-electron chi connectivity index (χ4n) is 3.55. The number of hydrogen-bond acceptors (Lipinski definition) is 1. The Morgan fingerprint density at radius 3 is 2.29 bits per heavy atom. The van der Waals surface area contributed by atoms with Crippen LogP contribution in [0.1, 0.15) is 57.8 Å². The zero-order valence-electron chi connectivity index (χ0n) is 9.65. The largest absolute Gasteiger partial charge is 0.320 e. The van der Waals surface area contributed by atoms with Crippen LogP contribution in [-0.4, -0.2) is 13.6 Å². The molecular formula is C13H25N. The summed E-state index contributed by atoms with van der Waals surface area (Å²) in [7, 11) is 2.07. The molecular weight excluding hydrogens is 170 g/mol. The lowest BCUT2D eigenvalue weighted by atomic mass is 9.69. The molecule has 2 aliphatic carbocycles. The summed E-state index contributed by atoms with van der Waals surface area (Å²) in [6, 6.07) is 0. The van der Waals surface area contributed by atoms with Crippen molar-refractivity contribution in [1.29, 1.82) is 0 Å². The SMILES string of the molecule is CNCCC1CCC2(CCCC2)CC1. The summed E-state index contributed by atoms with van der Waals surface area (Å²) in [5.74, 6) is 1.04. The van der Waals surface area contributed by atoms with Crippen molar-refractivity contribution >= 4 is 0 Å². The van der Waals surface area contributed by atoms with Gasteiger partial charge < -0.3 is 5.32 Å². The van der Waals surface area contributed by atoms with Crippen molar-refractivity contribution in [3.63, 3.8) is 0 Å². The minimum Gasteiger partial charge on any atom is -0.320 e. The van der Waals surface area contributed by atoms with Gasteiger partial charge in [-0.1, -0.05) is 12.8 Å². The maximum atomic E-state index is 3.28. The van der Waals surface area contributed by atoms with E-state index in [-0.39, 0.29) is 0 Å². The van der Waals surface area contributed by atoms with E-state index in [1.54, 1.807) is 25.7 Å². The van der Waals surface area contributed by atoms with Crippen molar-refractivity contribution in [3.8, 4) is 0 Å². The molecule has 2 rings (SSSR count). The van der Waals surface area contributed by atoms with Gasteiger partial charge in [-0.3, -0.25) is 0 Å². The Bertz CT molecular complexity index is 160. The molecule has 14 heavy (non-hydrogen) atoms. The summed E-state index contributed by atoms with van der Waals surface area (Å²) < 4.78 is 0. The molecule has 0 saturated heterocycles. The zero-order chi connectivity index (χ0) is 9.86. The van der Waals surface area contributed by atoms with E-state index in [0.717, 1.165) is 11.3 Å². The highest BCUT2D eigenvalue weighted by atomic mass is 14.8. The van der Waals surface area contributed by atoms with Crippen LogP contribution in [0.3, 0.4) is 0 Å². The molecule has 1 heteroatoms. The summed E-state index contributed by atoms with van der Waals surface area (Å²) >= 11 is 0. The van der Waals surface area contributed by atoms with Gasteiger partial charge in [0, 0.05) is 0 Å². The first kappa shape index (κ1) is 10.5. The van der Waals surface area contributed by atoms with E-state index < -0.39 is 0 Å². The summed E-state index contributed by atoms with van der Waals surface area (Å²) in [5, 5.41) is 3.28. The van der Waals surface area contributed by atoms with Crippen LogP contribution in [0.4, 0.5) is 0 Å². The van der Waals surface area contributed by atoms with E-state index in [9.17, 15) is 0 Å². The first-order valence-electron chi connectivity index (χ1n) is 6.49. The molecule has 1 nitrogen and oxygen atoms in total. The molecule has 0 aromatic rings. The third-order valence-electron chi connectivity index (χ3n) is 4.63. The van der Waals surface area contributed by atoms with Gasteiger partial charge >= 0.3 is 0 Å². The molecule has 0 unspecified atom stereocenters. The van der Waals surface area contributed by atoms with E-state index in [0.29, 0.717) is 0 Å². The molecule has 0 radical (unpaired) electrons. The average molecular weight is 195 g/mol. The third kappa shape index (κ3) is 2.31. The Kier molecular flexibility index (Phi) is 3.48. The maximum absolute atomic E-state index is 3.28. The summed E-state index contributed by atoms with van der Waals surface area (Å²) in [4.78, 5) is 0. The van der Waals surface area contributed by atoms with E-state index >= 15 is 0 Å². The second-order valence-electron chi connectivity index (χ2n) is 5.54. The van der Waals surface area contributed by atoms with Crippen LogP contribution < -0.4 is 5.32 Å². The minimum atomic E-state index is 0.830. The summed E-state index contributed by atoms with van der Waals surface area (Å²) in [6.07, 6.45) is 13.7. The second-order valence-corrected chi connectivity index (χ2v) is 5.54. The van der Waals surface area contributed by atoms with Gasteiger partial charge in [-0.2, -0.15) is 0 Å². The molecule has 1 spiro atoms. The molecule has 0 aromatic carbocycles. The average Bonchev–Trinajstić information content (AvgIpc) is 2.66. The van der Waals surface area contributed by atoms with Gasteiger partial charge in [-0.25, -0.2) is 0 Å². The van der Waals surface area contributed by atoms with Gasteiger partial charge in [0.15, 0.2) is 0 Å². The van der Waals surface area contributed by atoms with E-state index in [2.05, 4.69) is 12.4 Å². The van der Waals surface area contributed by atoms with Crippen LogP contribution in [0.5, 0.6) is 0 Å². The number of rotatable bonds is 3. The molecule has 2 fully saturated rings.